The third-order valence-corrected chi connectivity index (χ3v) is 6.44. The second kappa shape index (κ2) is 8.62. The average molecular weight is 417 g/mol. The van der Waals surface area contributed by atoms with Gasteiger partial charge in [0.2, 0.25) is 15.9 Å². The maximum Gasteiger partial charge on any atom is 0.312 e. The molecule has 3 rings (SSSR count). The topological polar surface area (TPSA) is 122 Å². The van der Waals surface area contributed by atoms with Gasteiger partial charge in [-0.2, -0.15) is 0 Å². The number of hydrogen-bond donors (Lipinski definition) is 3. The molecule has 1 aliphatic rings. The molecule has 0 aliphatic carbocycles. The van der Waals surface area contributed by atoms with Crippen LogP contribution < -0.4 is 15.8 Å². The van der Waals surface area contributed by atoms with Crippen molar-refractivity contribution in [1.29, 1.82) is 0 Å². The van der Waals surface area contributed by atoms with Gasteiger partial charge in [0.15, 0.2) is 0 Å². The van der Waals surface area contributed by atoms with Crippen LogP contribution in [0, 0.1) is 0 Å². The molecule has 0 saturated heterocycles. The summed E-state index contributed by atoms with van der Waals surface area (Å²) in [6.07, 6.45) is 0.537. The zero-order chi connectivity index (χ0) is 21.0. The fraction of sp³-hybridized carbons (Fsp3) is 0.300. The van der Waals surface area contributed by atoms with Crippen molar-refractivity contribution < 1.29 is 18.0 Å². The van der Waals surface area contributed by atoms with Gasteiger partial charge >= 0.3 is 6.03 Å². The summed E-state index contributed by atoms with van der Waals surface area (Å²) in [4.78, 5) is 24.7. The monoisotopic (exact) mass is 416 g/mol. The van der Waals surface area contributed by atoms with Crippen molar-refractivity contribution in [3.8, 4) is 0 Å². The first-order valence-corrected chi connectivity index (χ1v) is 10.7. The van der Waals surface area contributed by atoms with E-state index in [1.54, 1.807) is 30.0 Å². The molecule has 8 nitrogen and oxygen atoms in total. The molecule has 0 radical (unpaired) electrons. The number of benzene rings is 2. The molecule has 2 aromatic carbocycles. The predicted molar refractivity (Wildman–Crippen MR) is 108 cm³/mol. The summed E-state index contributed by atoms with van der Waals surface area (Å²) in [5.74, 6) is -0.232. The van der Waals surface area contributed by atoms with Gasteiger partial charge in [0.25, 0.3) is 0 Å². The Kier molecular flexibility index (Phi) is 6.19. The van der Waals surface area contributed by atoms with Crippen LogP contribution in [0.4, 0.5) is 4.79 Å². The summed E-state index contributed by atoms with van der Waals surface area (Å²) in [6, 6.07) is 13.2. The quantitative estimate of drug-likeness (QED) is 0.657. The van der Waals surface area contributed by atoms with Gasteiger partial charge in [-0.1, -0.05) is 36.4 Å². The van der Waals surface area contributed by atoms with E-state index in [2.05, 4.69) is 10.0 Å². The number of sulfonamides is 1. The van der Waals surface area contributed by atoms with Crippen molar-refractivity contribution in [1.82, 2.24) is 14.9 Å². The van der Waals surface area contributed by atoms with Gasteiger partial charge in [0.1, 0.15) is 0 Å². The van der Waals surface area contributed by atoms with E-state index in [0.717, 1.165) is 16.7 Å². The Morgan fingerprint density at radius 1 is 1.14 bits per heavy atom. The lowest BCUT2D eigenvalue weighted by molar-refractivity contribution is -0.130. The first-order chi connectivity index (χ1) is 13.8. The van der Waals surface area contributed by atoms with Gasteiger partial charge in [-0.05, 0) is 42.2 Å². The molecule has 0 saturated carbocycles. The van der Waals surface area contributed by atoms with Crippen molar-refractivity contribution in [2.24, 2.45) is 5.73 Å². The molecule has 0 bridgehead atoms. The van der Waals surface area contributed by atoms with E-state index in [0.29, 0.717) is 19.5 Å². The Morgan fingerprint density at radius 2 is 1.86 bits per heavy atom. The van der Waals surface area contributed by atoms with Crippen molar-refractivity contribution in [2.75, 3.05) is 13.1 Å². The van der Waals surface area contributed by atoms with Crippen molar-refractivity contribution in [3.05, 3.63) is 65.2 Å². The lowest BCUT2D eigenvalue weighted by Crippen LogP contribution is -2.43. The van der Waals surface area contributed by atoms with Crippen LogP contribution in [0.25, 0.3) is 0 Å². The number of fused-ring (bicyclic) bond motifs is 1. The number of nitrogens with zero attached hydrogens (tertiary/aromatic N) is 1. The van der Waals surface area contributed by atoms with Crippen LogP contribution in [0.3, 0.4) is 0 Å². The number of carbonyl (C=O) groups excluding carboxylic acids is 2. The molecule has 0 spiro atoms. The van der Waals surface area contributed by atoms with Crippen LogP contribution in [0.2, 0.25) is 0 Å². The standard InChI is InChI=1S/C20H24N4O4S/c1-14(15-5-3-2-4-6-15)23-29(27,28)18-8-7-17-13-24(10-9-16(17)11-18)19(25)12-22-20(21)26/h2-8,11,14,23H,9-10,12-13H2,1H3,(H3,21,22,26)/t14-/m0/s1. The summed E-state index contributed by atoms with van der Waals surface area (Å²) in [5, 5.41) is 2.29. The Hall–Kier alpha value is -2.91. The second-order valence-electron chi connectivity index (χ2n) is 6.97. The van der Waals surface area contributed by atoms with Crippen LogP contribution in [-0.2, 0) is 27.8 Å². The number of carbonyl (C=O) groups is 2. The van der Waals surface area contributed by atoms with E-state index < -0.39 is 16.1 Å². The zero-order valence-electron chi connectivity index (χ0n) is 16.1. The SMILES string of the molecule is C[C@H](NS(=O)(=O)c1ccc2c(c1)CCN(C(=O)CNC(N)=O)C2)c1ccccc1. The smallest absolute Gasteiger partial charge is 0.312 e. The molecule has 1 atom stereocenters. The van der Waals surface area contributed by atoms with Crippen molar-refractivity contribution in [2.45, 2.75) is 30.8 Å². The summed E-state index contributed by atoms with van der Waals surface area (Å²) in [7, 11) is -3.68. The molecule has 1 heterocycles. The highest BCUT2D eigenvalue weighted by Gasteiger charge is 2.24. The van der Waals surface area contributed by atoms with Crippen molar-refractivity contribution in [3.63, 3.8) is 0 Å². The van der Waals surface area contributed by atoms with Gasteiger partial charge in [-0.15, -0.1) is 0 Å². The molecule has 0 unspecified atom stereocenters. The molecule has 0 fully saturated rings. The first kappa shape index (κ1) is 20.8. The predicted octanol–water partition coefficient (Wildman–Crippen LogP) is 1.28. The largest absolute Gasteiger partial charge is 0.352 e. The van der Waals surface area contributed by atoms with E-state index >= 15 is 0 Å². The van der Waals surface area contributed by atoms with E-state index in [-0.39, 0.29) is 23.4 Å². The molecule has 2 aromatic rings. The summed E-state index contributed by atoms with van der Waals surface area (Å²) in [5.41, 5.74) is 7.66. The van der Waals surface area contributed by atoms with Gasteiger partial charge in [0, 0.05) is 19.1 Å². The van der Waals surface area contributed by atoms with Crippen LogP contribution in [0.1, 0.15) is 29.7 Å². The first-order valence-electron chi connectivity index (χ1n) is 9.26. The molecule has 29 heavy (non-hydrogen) atoms. The molecular weight excluding hydrogens is 392 g/mol. The zero-order valence-corrected chi connectivity index (χ0v) is 16.9. The number of urea groups is 1. The number of amides is 3. The van der Waals surface area contributed by atoms with Gasteiger partial charge in [0.05, 0.1) is 11.4 Å². The summed E-state index contributed by atoms with van der Waals surface area (Å²) < 4.78 is 28.3. The second-order valence-corrected chi connectivity index (χ2v) is 8.68. The average Bonchev–Trinajstić information content (AvgIpc) is 2.71. The molecule has 9 heteroatoms. The van der Waals surface area contributed by atoms with Crippen LogP contribution in [-0.4, -0.2) is 38.3 Å². The number of rotatable bonds is 6. The molecular formula is C20H24N4O4S. The Morgan fingerprint density at radius 3 is 2.55 bits per heavy atom. The number of primary amides is 1. The van der Waals surface area contributed by atoms with E-state index in [1.807, 2.05) is 30.3 Å². The minimum Gasteiger partial charge on any atom is -0.352 e. The van der Waals surface area contributed by atoms with Crippen LogP contribution >= 0.6 is 0 Å². The maximum absolute atomic E-state index is 12.8. The molecule has 3 amide bonds. The minimum absolute atomic E-state index is 0.154. The number of nitrogens with two attached hydrogens (primary N) is 1. The van der Waals surface area contributed by atoms with E-state index in [4.69, 9.17) is 5.73 Å². The number of nitrogens with one attached hydrogen (secondary N) is 2. The molecule has 154 valence electrons. The Balaban J connectivity index is 1.71. The maximum atomic E-state index is 12.8. The van der Waals surface area contributed by atoms with E-state index in [9.17, 15) is 18.0 Å². The van der Waals surface area contributed by atoms with Gasteiger partial charge < -0.3 is 16.0 Å². The van der Waals surface area contributed by atoms with E-state index in [1.165, 1.54) is 0 Å². The molecule has 0 aromatic heterocycles. The van der Waals surface area contributed by atoms with Crippen molar-refractivity contribution >= 4 is 22.0 Å². The van der Waals surface area contributed by atoms with Gasteiger partial charge in [-0.25, -0.2) is 17.9 Å². The lowest BCUT2D eigenvalue weighted by atomic mass is 10.00. The minimum atomic E-state index is -3.68. The van der Waals surface area contributed by atoms with Gasteiger partial charge in [-0.3, -0.25) is 4.79 Å². The molecule has 4 N–H and O–H groups in total. The normalized spacial score (nSPS) is 14.7. The fourth-order valence-electron chi connectivity index (χ4n) is 3.29. The Bertz CT molecular complexity index is 1010. The summed E-state index contributed by atoms with van der Waals surface area (Å²) >= 11 is 0. The summed E-state index contributed by atoms with van der Waals surface area (Å²) in [6.45, 7) is 2.46. The molecule has 1 aliphatic heterocycles. The highest BCUT2D eigenvalue weighted by Crippen LogP contribution is 2.24. The highest BCUT2D eigenvalue weighted by atomic mass is 32.2. The third-order valence-electron chi connectivity index (χ3n) is 4.90. The third kappa shape index (κ3) is 5.12. The Labute approximate surface area is 170 Å². The fourth-order valence-corrected chi connectivity index (χ4v) is 4.58. The highest BCUT2D eigenvalue weighted by molar-refractivity contribution is 7.89. The number of hydrogen-bond acceptors (Lipinski definition) is 4. The van der Waals surface area contributed by atoms with Crippen LogP contribution in [0.5, 0.6) is 0 Å². The lowest BCUT2D eigenvalue weighted by Gasteiger charge is -2.29. The van der Waals surface area contributed by atoms with Crippen LogP contribution in [0.15, 0.2) is 53.4 Å².